The van der Waals surface area contributed by atoms with Crippen molar-refractivity contribution in [3.8, 4) is 0 Å². The number of benzene rings is 1. The number of nitrogens with one attached hydrogen (secondary N) is 2. The van der Waals surface area contributed by atoms with Crippen LogP contribution in [0.3, 0.4) is 0 Å². The van der Waals surface area contributed by atoms with Crippen LogP contribution in [0.5, 0.6) is 0 Å². The van der Waals surface area contributed by atoms with E-state index in [1.807, 2.05) is 18.2 Å². The predicted octanol–water partition coefficient (Wildman–Crippen LogP) is 1.45. The van der Waals surface area contributed by atoms with Crippen molar-refractivity contribution in [2.24, 2.45) is 0 Å². The van der Waals surface area contributed by atoms with Gasteiger partial charge in [0.2, 0.25) is 5.91 Å². The molecule has 0 bridgehead atoms. The summed E-state index contributed by atoms with van der Waals surface area (Å²) in [4.78, 5) is 10.7. The molecule has 4 heteroatoms. The van der Waals surface area contributed by atoms with Gasteiger partial charge in [0.15, 0.2) is 0 Å². The normalized spacial score (nSPS) is 10.1. The molecule has 16 heavy (non-hydrogen) atoms. The standard InChI is InChI=1S/C12H18N2O2/c15-12(14-16)8-4-5-9-13-10-11-6-2-1-3-7-11/h1-3,6-7,13,16H,4-5,8-10H2,(H,14,15). The van der Waals surface area contributed by atoms with Crippen molar-refractivity contribution < 1.29 is 10.0 Å². The van der Waals surface area contributed by atoms with E-state index in [-0.39, 0.29) is 5.91 Å². The van der Waals surface area contributed by atoms with Gasteiger partial charge in [-0.15, -0.1) is 0 Å². The molecule has 0 unspecified atom stereocenters. The second-order valence-corrected chi connectivity index (χ2v) is 3.65. The summed E-state index contributed by atoms with van der Waals surface area (Å²) in [5.41, 5.74) is 2.88. The van der Waals surface area contributed by atoms with E-state index in [0.29, 0.717) is 6.42 Å². The van der Waals surface area contributed by atoms with E-state index < -0.39 is 0 Å². The fraction of sp³-hybridized carbons (Fsp3) is 0.417. The largest absolute Gasteiger partial charge is 0.313 e. The summed E-state index contributed by atoms with van der Waals surface area (Å²) in [6, 6.07) is 10.2. The van der Waals surface area contributed by atoms with Crippen molar-refractivity contribution >= 4 is 5.91 Å². The highest BCUT2D eigenvalue weighted by Gasteiger charge is 1.97. The highest BCUT2D eigenvalue weighted by atomic mass is 16.5. The lowest BCUT2D eigenvalue weighted by Gasteiger charge is -2.04. The number of unbranched alkanes of at least 4 members (excludes halogenated alkanes) is 1. The maximum Gasteiger partial charge on any atom is 0.243 e. The lowest BCUT2D eigenvalue weighted by atomic mass is 10.2. The molecule has 0 spiro atoms. The zero-order chi connectivity index (χ0) is 11.6. The van der Waals surface area contributed by atoms with E-state index in [1.165, 1.54) is 5.56 Å². The fourth-order valence-corrected chi connectivity index (χ4v) is 1.42. The molecule has 1 aromatic rings. The lowest BCUT2D eigenvalue weighted by molar-refractivity contribution is -0.129. The Kier molecular flexibility index (Phi) is 6.22. The maximum atomic E-state index is 10.7. The minimum absolute atomic E-state index is 0.317. The van der Waals surface area contributed by atoms with Crippen LogP contribution in [-0.4, -0.2) is 17.7 Å². The maximum absolute atomic E-state index is 10.7. The van der Waals surface area contributed by atoms with Crippen LogP contribution >= 0.6 is 0 Å². The molecule has 0 aliphatic carbocycles. The van der Waals surface area contributed by atoms with Gasteiger partial charge in [-0.2, -0.15) is 0 Å². The number of hydrogen-bond donors (Lipinski definition) is 3. The van der Waals surface area contributed by atoms with Crippen molar-refractivity contribution in [2.75, 3.05) is 6.54 Å². The first kappa shape index (κ1) is 12.7. The quantitative estimate of drug-likeness (QED) is 0.372. The van der Waals surface area contributed by atoms with Crippen molar-refractivity contribution in [3.05, 3.63) is 35.9 Å². The van der Waals surface area contributed by atoms with Crippen LogP contribution in [0.15, 0.2) is 30.3 Å². The van der Waals surface area contributed by atoms with Crippen LogP contribution in [-0.2, 0) is 11.3 Å². The summed E-state index contributed by atoms with van der Waals surface area (Å²) in [7, 11) is 0. The molecule has 0 saturated carbocycles. The minimum Gasteiger partial charge on any atom is -0.313 e. The van der Waals surface area contributed by atoms with Crippen molar-refractivity contribution in [1.29, 1.82) is 0 Å². The Labute approximate surface area is 95.6 Å². The Morgan fingerprint density at radius 2 is 1.94 bits per heavy atom. The lowest BCUT2D eigenvalue weighted by Crippen LogP contribution is -2.19. The van der Waals surface area contributed by atoms with Gasteiger partial charge < -0.3 is 5.32 Å². The highest BCUT2D eigenvalue weighted by Crippen LogP contribution is 1.98. The minimum atomic E-state index is -0.317. The van der Waals surface area contributed by atoms with Gasteiger partial charge in [-0.05, 0) is 24.9 Å². The molecule has 1 rings (SSSR count). The van der Waals surface area contributed by atoms with Gasteiger partial charge in [0, 0.05) is 13.0 Å². The summed E-state index contributed by atoms with van der Waals surface area (Å²) in [5.74, 6) is -0.317. The zero-order valence-electron chi connectivity index (χ0n) is 9.28. The monoisotopic (exact) mass is 222 g/mol. The summed E-state index contributed by atoms with van der Waals surface area (Å²) in [5, 5.41) is 11.6. The Morgan fingerprint density at radius 1 is 1.19 bits per heavy atom. The molecular weight excluding hydrogens is 204 g/mol. The van der Waals surface area contributed by atoms with E-state index in [0.717, 1.165) is 25.9 Å². The molecule has 88 valence electrons. The second kappa shape index (κ2) is 7.84. The first-order valence-corrected chi connectivity index (χ1v) is 5.50. The third-order valence-corrected chi connectivity index (χ3v) is 2.30. The number of carbonyl (C=O) groups excluding carboxylic acids is 1. The van der Waals surface area contributed by atoms with Gasteiger partial charge in [-0.1, -0.05) is 30.3 Å². The molecule has 0 atom stereocenters. The van der Waals surface area contributed by atoms with Crippen molar-refractivity contribution in [2.45, 2.75) is 25.8 Å². The zero-order valence-corrected chi connectivity index (χ0v) is 9.28. The Balaban J connectivity index is 1.98. The van der Waals surface area contributed by atoms with Crippen molar-refractivity contribution in [1.82, 2.24) is 10.8 Å². The van der Waals surface area contributed by atoms with E-state index in [1.54, 1.807) is 5.48 Å². The van der Waals surface area contributed by atoms with Gasteiger partial charge >= 0.3 is 0 Å². The summed E-state index contributed by atoms with van der Waals surface area (Å²) >= 11 is 0. The number of hydrogen-bond acceptors (Lipinski definition) is 3. The van der Waals surface area contributed by atoms with Crippen molar-refractivity contribution in [3.63, 3.8) is 0 Å². The molecule has 4 nitrogen and oxygen atoms in total. The molecule has 0 radical (unpaired) electrons. The van der Waals surface area contributed by atoms with Gasteiger partial charge in [0.25, 0.3) is 0 Å². The number of carbonyl (C=O) groups is 1. The molecule has 1 aromatic carbocycles. The Bertz CT molecular complexity index is 301. The average molecular weight is 222 g/mol. The predicted molar refractivity (Wildman–Crippen MR) is 61.9 cm³/mol. The third-order valence-electron chi connectivity index (χ3n) is 2.30. The second-order valence-electron chi connectivity index (χ2n) is 3.65. The molecule has 0 heterocycles. The topological polar surface area (TPSA) is 61.4 Å². The summed E-state index contributed by atoms with van der Waals surface area (Å²) in [6.45, 7) is 1.74. The van der Waals surface area contributed by atoms with Crippen LogP contribution in [0.2, 0.25) is 0 Å². The van der Waals surface area contributed by atoms with E-state index >= 15 is 0 Å². The number of amides is 1. The van der Waals surface area contributed by atoms with Crippen LogP contribution in [0.4, 0.5) is 0 Å². The highest BCUT2D eigenvalue weighted by molar-refractivity contribution is 5.74. The summed E-state index contributed by atoms with van der Waals surface area (Å²) in [6.07, 6.45) is 2.10. The van der Waals surface area contributed by atoms with Crippen LogP contribution in [0.1, 0.15) is 24.8 Å². The van der Waals surface area contributed by atoms with Crippen LogP contribution in [0.25, 0.3) is 0 Å². The first-order chi connectivity index (χ1) is 7.83. The third kappa shape index (κ3) is 5.48. The van der Waals surface area contributed by atoms with E-state index in [4.69, 9.17) is 5.21 Å². The van der Waals surface area contributed by atoms with E-state index in [2.05, 4.69) is 17.4 Å². The smallest absolute Gasteiger partial charge is 0.243 e. The van der Waals surface area contributed by atoms with Gasteiger partial charge in [0.05, 0.1) is 0 Å². The molecule has 0 aliphatic heterocycles. The SMILES string of the molecule is O=C(CCCCNCc1ccccc1)NO. The molecule has 0 aromatic heterocycles. The fourth-order valence-electron chi connectivity index (χ4n) is 1.42. The Morgan fingerprint density at radius 3 is 2.62 bits per heavy atom. The number of hydroxylamine groups is 1. The van der Waals surface area contributed by atoms with Gasteiger partial charge in [0.1, 0.15) is 0 Å². The van der Waals surface area contributed by atoms with Crippen LogP contribution < -0.4 is 10.8 Å². The van der Waals surface area contributed by atoms with Gasteiger partial charge in [-0.25, -0.2) is 5.48 Å². The average Bonchev–Trinajstić information content (AvgIpc) is 2.34. The molecule has 0 aliphatic rings. The molecular formula is C12H18N2O2. The molecule has 3 N–H and O–H groups in total. The first-order valence-electron chi connectivity index (χ1n) is 5.50. The van der Waals surface area contributed by atoms with Crippen LogP contribution in [0, 0.1) is 0 Å². The molecule has 0 saturated heterocycles. The van der Waals surface area contributed by atoms with E-state index in [9.17, 15) is 4.79 Å². The molecule has 1 amide bonds. The Hall–Kier alpha value is -1.39. The van der Waals surface area contributed by atoms with Gasteiger partial charge in [-0.3, -0.25) is 10.0 Å². The summed E-state index contributed by atoms with van der Waals surface area (Å²) < 4.78 is 0. The molecule has 0 fully saturated rings. The number of rotatable bonds is 7.